The molecule has 0 unspecified atom stereocenters. The molecule has 7 nitrogen and oxygen atoms in total. The summed E-state index contributed by atoms with van der Waals surface area (Å²) in [6, 6.07) is 7.74. The fourth-order valence-corrected chi connectivity index (χ4v) is 3.05. The third-order valence-corrected chi connectivity index (χ3v) is 4.45. The van der Waals surface area contributed by atoms with Crippen molar-refractivity contribution in [1.29, 1.82) is 0 Å². The average Bonchev–Trinajstić information content (AvgIpc) is 2.48. The van der Waals surface area contributed by atoms with E-state index in [0.29, 0.717) is 12.0 Å². The van der Waals surface area contributed by atoms with Gasteiger partial charge in [-0.15, -0.1) is 0 Å². The van der Waals surface area contributed by atoms with E-state index in [4.69, 9.17) is 13.8 Å². The van der Waals surface area contributed by atoms with Crippen molar-refractivity contribution in [3.63, 3.8) is 0 Å². The van der Waals surface area contributed by atoms with Crippen molar-refractivity contribution in [3.05, 3.63) is 30.3 Å². The van der Waals surface area contributed by atoms with Crippen LogP contribution in [0.2, 0.25) is 0 Å². The first-order valence-corrected chi connectivity index (χ1v) is 8.37. The summed E-state index contributed by atoms with van der Waals surface area (Å²) in [6.07, 6.45) is -0.882. The molecule has 22 heavy (non-hydrogen) atoms. The highest BCUT2D eigenvalue weighted by atomic mass is 31.2. The Bertz CT molecular complexity index is 495. The van der Waals surface area contributed by atoms with E-state index >= 15 is 0 Å². The van der Waals surface area contributed by atoms with Gasteiger partial charge in [0.15, 0.2) is 0 Å². The molecule has 1 aromatic rings. The molecule has 0 aromatic heterocycles. The first-order valence-electron chi connectivity index (χ1n) is 6.83. The zero-order valence-corrected chi connectivity index (χ0v) is 13.7. The zero-order valence-electron chi connectivity index (χ0n) is 12.8. The minimum atomic E-state index is -3.79. The molecule has 0 amide bonds. The molecule has 2 N–H and O–H groups in total. The number of carbonyl (C=O) groups excluding carboxylic acids is 1. The van der Waals surface area contributed by atoms with Gasteiger partial charge in [0, 0.05) is 7.11 Å². The summed E-state index contributed by atoms with van der Waals surface area (Å²) in [5.41, 5.74) is 0. The van der Waals surface area contributed by atoms with E-state index in [9.17, 15) is 14.5 Å². The third-order valence-electron chi connectivity index (χ3n) is 2.78. The first kappa shape index (κ1) is 18.8. The molecule has 1 aromatic carbocycles. The Morgan fingerprint density at radius 3 is 2.45 bits per heavy atom. The number of aliphatic hydroxyl groups is 1. The van der Waals surface area contributed by atoms with Crippen molar-refractivity contribution in [2.24, 2.45) is 0 Å². The molecule has 0 saturated heterocycles. The molecule has 0 fully saturated rings. The van der Waals surface area contributed by atoms with Crippen molar-refractivity contribution in [1.82, 2.24) is 5.09 Å². The fourth-order valence-electron chi connectivity index (χ4n) is 1.57. The number of rotatable bonds is 10. The number of hydrogen-bond acceptors (Lipinski definition) is 6. The molecule has 0 spiro atoms. The van der Waals surface area contributed by atoms with Gasteiger partial charge in [0.05, 0.1) is 18.8 Å². The van der Waals surface area contributed by atoms with Crippen LogP contribution in [-0.4, -0.2) is 43.4 Å². The molecule has 0 radical (unpaired) electrons. The van der Waals surface area contributed by atoms with E-state index in [-0.39, 0.29) is 6.61 Å². The second-order valence-corrected chi connectivity index (χ2v) is 6.46. The van der Waals surface area contributed by atoms with Crippen LogP contribution < -0.4 is 9.61 Å². The van der Waals surface area contributed by atoms with Gasteiger partial charge in [-0.2, -0.15) is 0 Å². The number of ether oxygens (including phenoxy) is 1. The molecular formula is C14H22NO6P. The molecule has 124 valence electrons. The second-order valence-electron chi connectivity index (χ2n) is 4.77. The van der Waals surface area contributed by atoms with Crippen molar-refractivity contribution < 1.29 is 28.3 Å². The van der Waals surface area contributed by atoms with Gasteiger partial charge in [0.1, 0.15) is 18.1 Å². The Balaban J connectivity index is 2.82. The summed E-state index contributed by atoms with van der Waals surface area (Å²) in [6.45, 7) is 2.90. The van der Waals surface area contributed by atoms with Crippen molar-refractivity contribution in [2.75, 3.05) is 13.7 Å². The van der Waals surface area contributed by atoms with E-state index in [0.717, 1.165) is 0 Å². The number of methoxy groups -OCH3 is 1. The molecule has 0 aliphatic heterocycles. The molecule has 0 aliphatic carbocycles. The number of aliphatic hydroxyl groups excluding tert-OH is 1. The van der Waals surface area contributed by atoms with E-state index in [1.54, 1.807) is 30.3 Å². The van der Waals surface area contributed by atoms with Gasteiger partial charge in [-0.25, -0.2) is 9.65 Å². The number of carbonyl (C=O) groups is 1. The molecule has 0 heterocycles. The molecule has 0 saturated carbocycles. The van der Waals surface area contributed by atoms with Gasteiger partial charge in [-0.3, -0.25) is 4.52 Å². The maximum absolute atomic E-state index is 12.7. The SMILES string of the molecule is CO[C@H](CO[P@](=O)(N[C@@H](C)C=O)Oc1ccccc1)[C@H](C)O. The van der Waals surface area contributed by atoms with Crippen LogP contribution in [0, 0.1) is 0 Å². The predicted octanol–water partition coefficient (Wildman–Crippen LogP) is 1.76. The van der Waals surface area contributed by atoms with Crippen LogP contribution in [-0.2, 0) is 18.6 Å². The van der Waals surface area contributed by atoms with Gasteiger partial charge in [0.2, 0.25) is 0 Å². The van der Waals surface area contributed by atoms with Crippen molar-refractivity contribution in [3.8, 4) is 5.75 Å². The number of benzene rings is 1. The maximum atomic E-state index is 12.7. The van der Waals surface area contributed by atoms with Crippen LogP contribution in [0.5, 0.6) is 5.75 Å². The molecule has 4 atom stereocenters. The Hall–Kier alpha value is -1.24. The Morgan fingerprint density at radius 1 is 1.32 bits per heavy atom. The molecule has 0 aliphatic rings. The van der Waals surface area contributed by atoms with Gasteiger partial charge in [-0.1, -0.05) is 18.2 Å². The average molecular weight is 331 g/mol. The summed E-state index contributed by atoms with van der Waals surface area (Å²) in [7, 11) is -2.39. The van der Waals surface area contributed by atoms with Gasteiger partial charge < -0.3 is 19.2 Å². The van der Waals surface area contributed by atoms with Crippen LogP contribution in [0.15, 0.2) is 30.3 Å². The lowest BCUT2D eigenvalue weighted by Crippen LogP contribution is -2.33. The minimum Gasteiger partial charge on any atom is -0.413 e. The Morgan fingerprint density at radius 2 is 1.95 bits per heavy atom. The lowest BCUT2D eigenvalue weighted by atomic mass is 10.2. The predicted molar refractivity (Wildman–Crippen MR) is 81.8 cm³/mol. The highest BCUT2D eigenvalue weighted by molar-refractivity contribution is 7.52. The molecule has 0 bridgehead atoms. The molecule has 1 rings (SSSR count). The highest BCUT2D eigenvalue weighted by Crippen LogP contribution is 2.44. The number of para-hydroxylation sites is 1. The quantitative estimate of drug-likeness (QED) is 0.498. The summed E-state index contributed by atoms with van der Waals surface area (Å²) in [4.78, 5) is 10.8. The standard InChI is InChI=1S/C14H22NO6P/c1-11(9-16)15-22(18,20-10-14(19-3)12(2)17)21-13-7-5-4-6-8-13/h4-9,11-12,14,17H,10H2,1-3H3,(H,15,18)/t11-,12-,14+,22+/m0/s1. The molecular weight excluding hydrogens is 309 g/mol. The van der Waals surface area contributed by atoms with Crippen LogP contribution in [0.1, 0.15) is 13.8 Å². The van der Waals surface area contributed by atoms with E-state index in [1.807, 2.05) is 0 Å². The summed E-state index contributed by atoms with van der Waals surface area (Å²) < 4.78 is 28.5. The number of nitrogens with one attached hydrogen (secondary N) is 1. The topological polar surface area (TPSA) is 94.1 Å². The second kappa shape index (κ2) is 9.02. The van der Waals surface area contributed by atoms with Crippen LogP contribution in [0.3, 0.4) is 0 Å². The number of hydrogen-bond donors (Lipinski definition) is 2. The first-order chi connectivity index (χ1) is 10.4. The van der Waals surface area contributed by atoms with Crippen molar-refractivity contribution in [2.45, 2.75) is 32.1 Å². The molecule has 8 heteroatoms. The highest BCUT2D eigenvalue weighted by Gasteiger charge is 2.31. The van der Waals surface area contributed by atoms with Gasteiger partial charge in [0.25, 0.3) is 0 Å². The van der Waals surface area contributed by atoms with Crippen molar-refractivity contribution >= 4 is 14.0 Å². The fraction of sp³-hybridized carbons (Fsp3) is 0.500. The van der Waals surface area contributed by atoms with Crippen LogP contribution in [0.25, 0.3) is 0 Å². The normalized spacial score (nSPS) is 18.0. The van der Waals surface area contributed by atoms with Crippen LogP contribution in [0.4, 0.5) is 0 Å². The maximum Gasteiger partial charge on any atom is 0.459 e. The summed E-state index contributed by atoms with van der Waals surface area (Å²) >= 11 is 0. The lowest BCUT2D eigenvalue weighted by molar-refractivity contribution is -0.109. The largest absolute Gasteiger partial charge is 0.459 e. The Labute approximate surface area is 130 Å². The number of aldehydes is 1. The summed E-state index contributed by atoms with van der Waals surface area (Å²) in [5.74, 6) is 0.336. The smallest absolute Gasteiger partial charge is 0.413 e. The zero-order chi connectivity index (χ0) is 16.6. The summed E-state index contributed by atoms with van der Waals surface area (Å²) in [5, 5.41) is 12.0. The van der Waals surface area contributed by atoms with Crippen LogP contribution >= 0.6 is 7.75 Å². The van der Waals surface area contributed by atoms with E-state index in [2.05, 4.69) is 5.09 Å². The van der Waals surface area contributed by atoms with Gasteiger partial charge in [-0.05, 0) is 26.0 Å². The Kier molecular flexibility index (Phi) is 7.72. The third kappa shape index (κ3) is 6.25. The lowest BCUT2D eigenvalue weighted by Gasteiger charge is -2.24. The van der Waals surface area contributed by atoms with Gasteiger partial charge >= 0.3 is 7.75 Å². The van der Waals surface area contributed by atoms with E-state index < -0.39 is 26.0 Å². The van der Waals surface area contributed by atoms with E-state index in [1.165, 1.54) is 21.0 Å². The minimum absolute atomic E-state index is 0.156. The monoisotopic (exact) mass is 331 g/mol.